The van der Waals surface area contributed by atoms with Crippen molar-refractivity contribution in [3.8, 4) is 22.4 Å². The van der Waals surface area contributed by atoms with Crippen molar-refractivity contribution in [1.29, 1.82) is 0 Å². The first-order valence-corrected chi connectivity index (χ1v) is 8.38. The molecule has 2 aliphatic carbocycles. The van der Waals surface area contributed by atoms with Crippen LogP contribution in [0.1, 0.15) is 50.1 Å². The molecule has 3 nitrogen and oxygen atoms in total. The molecule has 0 saturated heterocycles. The summed E-state index contributed by atoms with van der Waals surface area (Å²) in [7, 11) is 0. The molecule has 1 aromatic carbocycles. The van der Waals surface area contributed by atoms with Crippen molar-refractivity contribution in [2.45, 2.75) is 38.5 Å². The van der Waals surface area contributed by atoms with Crippen LogP contribution in [0.2, 0.25) is 0 Å². The first-order chi connectivity index (χ1) is 11.4. The predicted molar refractivity (Wildman–Crippen MR) is 95.0 cm³/mol. The van der Waals surface area contributed by atoms with Gasteiger partial charge in [0.25, 0.3) is 0 Å². The Morgan fingerprint density at radius 2 is 1.67 bits per heavy atom. The van der Waals surface area contributed by atoms with Gasteiger partial charge in [-0.3, -0.25) is 4.98 Å². The SMILES string of the molecule is CC1(C)c2ccc3c(c2-c2cncnc21)C(C)(C)c1cccnc1-3. The van der Waals surface area contributed by atoms with Crippen molar-refractivity contribution in [3.63, 3.8) is 0 Å². The second-order valence-corrected chi connectivity index (χ2v) is 7.85. The molecule has 118 valence electrons. The van der Waals surface area contributed by atoms with Gasteiger partial charge in [-0.15, -0.1) is 0 Å². The van der Waals surface area contributed by atoms with Crippen LogP contribution >= 0.6 is 0 Å². The second kappa shape index (κ2) is 4.10. The lowest BCUT2D eigenvalue weighted by Gasteiger charge is -2.25. The molecule has 2 aromatic heterocycles. The molecule has 0 radical (unpaired) electrons. The summed E-state index contributed by atoms with van der Waals surface area (Å²) in [5.74, 6) is 0. The van der Waals surface area contributed by atoms with E-state index < -0.39 is 0 Å². The fraction of sp³-hybridized carbons (Fsp3) is 0.286. The van der Waals surface area contributed by atoms with Gasteiger partial charge in [0.05, 0.1) is 11.4 Å². The Bertz CT molecular complexity index is 1020. The molecule has 0 saturated carbocycles. The zero-order chi connectivity index (χ0) is 16.7. The lowest BCUT2D eigenvalue weighted by Crippen LogP contribution is -2.18. The molecule has 0 N–H and O–H groups in total. The molecule has 2 aliphatic rings. The smallest absolute Gasteiger partial charge is 0.115 e. The molecule has 0 bridgehead atoms. The highest BCUT2D eigenvalue weighted by Gasteiger charge is 2.45. The highest BCUT2D eigenvalue weighted by atomic mass is 14.8. The van der Waals surface area contributed by atoms with Crippen LogP contribution in [0.15, 0.2) is 43.0 Å². The van der Waals surface area contributed by atoms with Crippen molar-refractivity contribution < 1.29 is 0 Å². The van der Waals surface area contributed by atoms with Crippen molar-refractivity contribution in [2.24, 2.45) is 0 Å². The molecule has 5 rings (SSSR count). The summed E-state index contributed by atoms with van der Waals surface area (Å²) in [6, 6.07) is 8.75. The zero-order valence-electron chi connectivity index (χ0n) is 14.4. The van der Waals surface area contributed by atoms with Gasteiger partial charge in [0.2, 0.25) is 0 Å². The monoisotopic (exact) mass is 313 g/mol. The Balaban J connectivity index is 1.95. The van der Waals surface area contributed by atoms with E-state index in [-0.39, 0.29) is 10.8 Å². The van der Waals surface area contributed by atoms with Crippen LogP contribution in [0.4, 0.5) is 0 Å². The first-order valence-electron chi connectivity index (χ1n) is 8.38. The van der Waals surface area contributed by atoms with Gasteiger partial charge >= 0.3 is 0 Å². The van der Waals surface area contributed by atoms with Crippen molar-refractivity contribution >= 4 is 0 Å². The Labute approximate surface area is 141 Å². The van der Waals surface area contributed by atoms with Crippen molar-refractivity contribution in [3.05, 3.63) is 65.4 Å². The summed E-state index contributed by atoms with van der Waals surface area (Å²) in [6.07, 6.45) is 5.52. The summed E-state index contributed by atoms with van der Waals surface area (Å²) in [4.78, 5) is 13.6. The molecular formula is C21H19N3. The van der Waals surface area contributed by atoms with Crippen LogP contribution in [0, 0.1) is 0 Å². The largest absolute Gasteiger partial charge is 0.256 e. The molecular weight excluding hydrogens is 294 g/mol. The number of rotatable bonds is 0. The van der Waals surface area contributed by atoms with Gasteiger partial charge in [0.1, 0.15) is 6.33 Å². The van der Waals surface area contributed by atoms with Crippen LogP contribution < -0.4 is 0 Å². The van der Waals surface area contributed by atoms with E-state index >= 15 is 0 Å². The van der Waals surface area contributed by atoms with Crippen LogP contribution in [-0.4, -0.2) is 15.0 Å². The van der Waals surface area contributed by atoms with E-state index in [9.17, 15) is 0 Å². The second-order valence-electron chi connectivity index (χ2n) is 7.85. The predicted octanol–water partition coefficient (Wildman–Crippen LogP) is 4.48. The average Bonchev–Trinajstić information content (AvgIpc) is 2.96. The summed E-state index contributed by atoms with van der Waals surface area (Å²) in [5.41, 5.74) is 9.83. The summed E-state index contributed by atoms with van der Waals surface area (Å²) >= 11 is 0. The molecule has 24 heavy (non-hydrogen) atoms. The minimum absolute atomic E-state index is 0.0716. The fourth-order valence-electron chi connectivity index (χ4n) is 4.65. The molecule has 3 heteroatoms. The number of hydrogen-bond donors (Lipinski definition) is 0. The maximum absolute atomic E-state index is 4.68. The number of benzene rings is 1. The molecule has 0 amide bonds. The van der Waals surface area contributed by atoms with Crippen molar-refractivity contribution in [1.82, 2.24) is 15.0 Å². The summed E-state index contributed by atoms with van der Waals surface area (Å²) in [5, 5.41) is 0. The highest BCUT2D eigenvalue weighted by molar-refractivity contribution is 5.91. The average molecular weight is 313 g/mol. The van der Waals surface area contributed by atoms with Gasteiger partial charge in [-0.05, 0) is 28.3 Å². The lowest BCUT2D eigenvalue weighted by molar-refractivity contribution is 0.630. The van der Waals surface area contributed by atoms with E-state index in [1.807, 2.05) is 18.5 Å². The quantitative estimate of drug-likeness (QED) is 0.614. The van der Waals surface area contributed by atoms with E-state index in [0.717, 1.165) is 11.4 Å². The number of aromatic nitrogens is 3. The highest BCUT2D eigenvalue weighted by Crippen LogP contribution is 2.57. The van der Waals surface area contributed by atoms with E-state index in [4.69, 9.17) is 0 Å². The summed E-state index contributed by atoms with van der Waals surface area (Å²) < 4.78 is 0. The first kappa shape index (κ1) is 13.8. The van der Waals surface area contributed by atoms with E-state index in [1.54, 1.807) is 6.33 Å². The molecule has 0 atom stereocenters. The van der Waals surface area contributed by atoms with E-state index in [1.165, 1.54) is 33.4 Å². The van der Waals surface area contributed by atoms with Gasteiger partial charge in [0.15, 0.2) is 0 Å². The van der Waals surface area contributed by atoms with Crippen LogP contribution in [-0.2, 0) is 10.8 Å². The number of fused-ring (bicyclic) bond motifs is 7. The minimum atomic E-state index is -0.0963. The molecule has 0 unspecified atom stereocenters. The number of nitrogens with zero attached hydrogens (tertiary/aromatic N) is 3. The molecule has 0 fully saturated rings. The minimum Gasteiger partial charge on any atom is -0.256 e. The van der Waals surface area contributed by atoms with Gasteiger partial charge in [-0.1, -0.05) is 45.9 Å². The molecule has 0 spiro atoms. The Morgan fingerprint density at radius 1 is 0.833 bits per heavy atom. The molecule has 2 heterocycles. The standard InChI is InChI=1S/C21H19N3/c1-20(2)15-6-5-9-23-18(15)12-7-8-14-16(17(12)20)13-10-22-11-24-19(13)21(14,3)4/h5-11H,1-4H3. The van der Waals surface area contributed by atoms with Crippen LogP contribution in [0.5, 0.6) is 0 Å². The third kappa shape index (κ3) is 1.41. The van der Waals surface area contributed by atoms with Gasteiger partial charge in [-0.25, -0.2) is 9.97 Å². The molecule has 0 aliphatic heterocycles. The summed E-state index contributed by atoms with van der Waals surface area (Å²) in [6.45, 7) is 9.11. The van der Waals surface area contributed by atoms with Gasteiger partial charge in [0, 0.05) is 34.4 Å². The van der Waals surface area contributed by atoms with E-state index in [2.05, 4.69) is 60.8 Å². The van der Waals surface area contributed by atoms with Gasteiger partial charge < -0.3 is 0 Å². The van der Waals surface area contributed by atoms with Gasteiger partial charge in [-0.2, -0.15) is 0 Å². The normalized spacial score (nSPS) is 17.8. The maximum Gasteiger partial charge on any atom is 0.115 e. The topological polar surface area (TPSA) is 38.7 Å². The van der Waals surface area contributed by atoms with E-state index in [0.29, 0.717) is 0 Å². The number of pyridine rings is 1. The fourth-order valence-corrected chi connectivity index (χ4v) is 4.65. The van der Waals surface area contributed by atoms with Crippen molar-refractivity contribution in [2.75, 3.05) is 0 Å². The Hall–Kier alpha value is -2.55. The number of hydrogen-bond acceptors (Lipinski definition) is 3. The zero-order valence-corrected chi connectivity index (χ0v) is 14.4. The van der Waals surface area contributed by atoms with Crippen LogP contribution in [0.3, 0.4) is 0 Å². The third-order valence-corrected chi connectivity index (χ3v) is 5.81. The maximum atomic E-state index is 4.68. The molecule has 3 aromatic rings. The lowest BCUT2D eigenvalue weighted by atomic mass is 9.77. The Morgan fingerprint density at radius 3 is 2.50 bits per heavy atom. The van der Waals surface area contributed by atoms with Crippen LogP contribution in [0.25, 0.3) is 22.4 Å². The Kier molecular flexibility index (Phi) is 2.36. The third-order valence-electron chi connectivity index (χ3n) is 5.81.